The molecule has 0 fully saturated rings. The summed E-state index contributed by atoms with van der Waals surface area (Å²) < 4.78 is 0. The molecule has 12 heteroatoms. The van der Waals surface area contributed by atoms with Crippen molar-refractivity contribution in [2.24, 2.45) is 0 Å². The molecule has 0 saturated heterocycles. The number of nitro benzene ring substituents is 3. The van der Waals surface area contributed by atoms with Gasteiger partial charge in [-0.25, -0.2) is 0 Å². The summed E-state index contributed by atoms with van der Waals surface area (Å²) in [6.07, 6.45) is 3.41. The molecule has 1 aromatic rings. The number of nitrogens with zero attached hydrogens (tertiary/aromatic N) is 3. The Balaban J connectivity index is 2.73. The van der Waals surface area contributed by atoms with Gasteiger partial charge in [0.15, 0.2) is 5.69 Å². The summed E-state index contributed by atoms with van der Waals surface area (Å²) >= 11 is 0. The van der Waals surface area contributed by atoms with E-state index in [4.69, 9.17) is 5.11 Å². The molecule has 0 radical (unpaired) electrons. The van der Waals surface area contributed by atoms with Crippen LogP contribution in [0.2, 0.25) is 0 Å². The third-order valence-electron chi connectivity index (χ3n) is 3.55. The SMILES string of the molecule is O=C(O)CCCCCCCNc1c([N+](=O)[O-])cc([N+](=O)[O-])cc1[N+](=O)[O-]. The average molecular weight is 370 g/mol. The zero-order valence-corrected chi connectivity index (χ0v) is 13.8. The molecule has 0 aliphatic carbocycles. The molecule has 0 heterocycles. The number of hydrogen-bond donors (Lipinski definition) is 2. The van der Waals surface area contributed by atoms with Gasteiger partial charge in [-0.05, 0) is 12.8 Å². The third kappa shape index (κ3) is 6.30. The van der Waals surface area contributed by atoms with Gasteiger partial charge in [0.25, 0.3) is 5.69 Å². The third-order valence-corrected chi connectivity index (χ3v) is 3.55. The quantitative estimate of drug-likeness (QED) is 0.317. The fraction of sp³-hybridized carbons (Fsp3) is 0.500. The molecule has 0 aromatic heterocycles. The topological polar surface area (TPSA) is 179 Å². The van der Waals surface area contributed by atoms with E-state index in [0.29, 0.717) is 31.4 Å². The molecular formula is C14H18N4O8. The van der Waals surface area contributed by atoms with Gasteiger partial charge in [0.2, 0.25) is 0 Å². The number of unbranched alkanes of at least 4 members (excludes halogenated alkanes) is 4. The van der Waals surface area contributed by atoms with Crippen LogP contribution in [-0.2, 0) is 4.79 Å². The summed E-state index contributed by atoms with van der Waals surface area (Å²) in [5, 5.41) is 44.1. The van der Waals surface area contributed by atoms with Crippen molar-refractivity contribution in [2.45, 2.75) is 38.5 Å². The Bertz CT molecular complexity index is 671. The van der Waals surface area contributed by atoms with Crippen LogP contribution in [0.4, 0.5) is 22.7 Å². The van der Waals surface area contributed by atoms with Gasteiger partial charge in [0.1, 0.15) is 0 Å². The first-order valence-electron chi connectivity index (χ1n) is 7.81. The standard InChI is InChI=1S/C14H18N4O8/c19-13(20)6-4-2-1-3-5-7-15-14-11(17(23)24)8-10(16(21)22)9-12(14)18(25)26/h8-9,15H,1-7H2,(H,19,20). The van der Waals surface area contributed by atoms with Crippen LogP contribution in [0.1, 0.15) is 38.5 Å². The van der Waals surface area contributed by atoms with Crippen molar-refractivity contribution in [2.75, 3.05) is 11.9 Å². The normalized spacial score (nSPS) is 10.3. The van der Waals surface area contributed by atoms with Crippen molar-refractivity contribution in [3.8, 4) is 0 Å². The lowest BCUT2D eigenvalue weighted by Gasteiger charge is -2.08. The first-order valence-corrected chi connectivity index (χ1v) is 7.81. The van der Waals surface area contributed by atoms with E-state index in [1.165, 1.54) is 0 Å². The lowest BCUT2D eigenvalue weighted by molar-refractivity contribution is -0.401. The monoisotopic (exact) mass is 370 g/mol. The van der Waals surface area contributed by atoms with Crippen LogP contribution in [0.5, 0.6) is 0 Å². The van der Waals surface area contributed by atoms with Crippen LogP contribution < -0.4 is 5.32 Å². The number of nitrogens with one attached hydrogen (secondary N) is 1. The van der Waals surface area contributed by atoms with Crippen molar-refractivity contribution >= 4 is 28.7 Å². The number of benzene rings is 1. The van der Waals surface area contributed by atoms with Gasteiger partial charge in [0.05, 0.1) is 26.9 Å². The number of carboxylic acids is 1. The molecule has 0 atom stereocenters. The predicted molar refractivity (Wildman–Crippen MR) is 90.2 cm³/mol. The summed E-state index contributed by atoms with van der Waals surface area (Å²) in [5.41, 5.74) is -2.55. The number of carbonyl (C=O) groups is 1. The molecule has 0 aliphatic heterocycles. The second-order valence-electron chi connectivity index (χ2n) is 5.47. The van der Waals surface area contributed by atoms with Crippen molar-refractivity contribution in [1.29, 1.82) is 0 Å². The molecule has 26 heavy (non-hydrogen) atoms. The second-order valence-corrected chi connectivity index (χ2v) is 5.47. The summed E-state index contributed by atoms with van der Waals surface area (Å²) in [5.74, 6) is -0.857. The van der Waals surface area contributed by atoms with Crippen molar-refractivity contribution in [3.63, 3.8) is 0 Å². The Labute approximate surface area is 147 Å². The fourth-order valence-electron chi connectivity index (χ4n) is 2.32. The highest BCUT2D eigenvalue weighted by Crippen LogP contribution is 2.38. The highest BCUT2D eigenvalue weighted by Gasteiger charge is 2.30. The average Bonchev–Trinajstić information content (AvgIpc) is 2.55. The summed E-state index contributed by atoms with van der Waals surface area (Å²) in [4.78, 5) is 40.6. The molecule has 2 N–H and O–H groups in total. The van der Waals surface area contributed by atoms with Crippen molar-refractivity contribution in [3.05, 3.63) is 42.5 Å². The molecular weight excluding hydrogens is 352 g/mol. The number of rotatable bonds is 12. The number of carboxylic acid groups (broad SMARTS) is 1. The van der Waals surface area contributed by atoms with E-state index < -0.39 is 37.8 Å². The summed E-state index contributed by atoms with van der Waals surface area (Å²) in [6.45, 7) is 0.207. The largest absolute Gasteiger partial charge is 0.481 e. The van der Waals surface area contributed by atoms with Gasteiger partial charge in [-0.3, -0.25) is 35.1 Å². The Morgan fingerprint density at radius 2 is 1.38 bits per heavy atom. The van der Waals surface area contributed by atoms with Gasteiger partial charge >= 0.3 is 17.3 Å². The van der Waals surface area contributed by atoms with E-state index in [0.717, 1.165) is 12.8 Å². The maximum atomic E-state index is 11.1. The van der Waals surface area contributed by atoms with Crippen LogP contribution in [0.3, 0.4) is 0 Å². The lowest BCUT2D eigenvalue weighted by Crippen LogP contribution is -2.08. The van der Waals surface area contributed by atoms with Crippen molar-refractivity contribution < 1.29 is 24.7 Å². The Morgan fingerprint density at radius 1 is 0.885 bits per heavy atom. The van der Waals surface area contributed by atoms with Gasteiger partial charge < -0.3 is 10.4 Å². The van der Waals surface area contributed by atoms with Crippen LogP contribution in [0, 0.1) is 30.3 Å². The van der Waals surface area contributed by atoms with Crippen LogP contribution in [0.15, 0.2) is 12.1 Å². The second kappa shape index (κ2) is 9.86. The molecule has 12 nitrogen and oxygen atoms in total. The van der Waals surface area contributed by atoms with E-state index in [-0.39, 0.29) is 18.7 Å². The molecule has 1 aromatic carbocycles. The number of non-ortho nitro benzene ring substituents is 1. The zero-order valence-electron chi connectivity index (χ0n) is 13.8. The maximum Gasteiger partial charge on any atom is 0.306 e. The Kier molecular flexibility index (Phi) is 7.86. The first-order chi connectivity index (χ1) is 12.2. The number of aliphatic carboxylic acids is 1. The Hall–Kier alpha value is -3.31. The molecule has 0 spiro atoms. The molecule has 0 bridgehead atoms. The summed E-state index contributed by atoms with van der Waals surface area (Å²) in [7, 11) is 0. The molecule has 0 unspecified atom stereocenters. The van der Waals surface area contributed by atoms with Crippen LogP contribution >= 0.6 is 0 Å². The fourth-order valence-corrected chi connectivity index (χ4v) is 2.32. The minimum atomic E-state index is -0.930. The molecule has 142 valence electrons. The molecule has 0 amide bonds. The highest BCUT2D eigenvalue weighted by molar-refractivity contribution is 5.77. The number of hydrogen-bond acceptors (Lipinski definition) is 8. The maximum absolute atomic E-state index is 11.1. The van der Waals surface area contributed by atoms with Crippen LogP contribution in [0.25, 0.3) is 0 Å². The van der Waals surface area contributed by atoms with Gasteiger partial charge in [-0.1, -0.05) is 19.3 Å². The smallest absolute Gasteiger partial charge is 0.306 e. The van der Waals surface area contributed by atoms with Gasteiger partial charge in [0, 0.05) is 13.0 Å². The molecule has 1 rings (SSSR count). The number of anilines is 1. The lowest BCUT2D eigenvalue weighted by atomic mass is 10.1. The van der Waals surface area contributed by atoms with Crippen molar-refractivity contribution in [1.82, 2.24) is 0 Å². The summed E-state index contributed by atoms with van der Waals surface area (Å²) in [6, 6.07) is 1.36. The van der Waals surface area contributed by atoms with Crippen LogP contribution in [-0.4, -0.2) is 32.4 Å². The van der Waals surface area contributed by atoms with E-state index in [9.17, 15) is 35.1 Å². The predicted octanol–water partition coefficient (Wildman–Crippen LogP) is 3.25. The zero-order chi connectivity index (χ0) is 19.7. The Morgan fingerprint density at radius 3 is 1.85 bits per heavy atom. The molecule has 0 aliphatic rings. The van der Waals surface area contributed by atoms with Gasteiger partial charge in [-0.2, -0.15) is 0 Å². The van der Waals surface area contributed by atoms with E-state index in [2.05, 4.69) is 5.32 Å². The first kappa shape index (κ1) is 20.7. The van der Waals surface area contributed by atoms with E-state index in [1.807, 2.05) is 0 Å². The van der Waals surface area contributed by atoms with E-state index >= 15 is 0 Å². The highest BCUT2D eigenvalue weighted by atomic mass is 16.6. The minimum absolute atomic E-state index is 0.0967. The van der Waals surface area contributed by atoms with E-state index in [1.54, 1.807) is 0 Å². The number of nitro groups is 3. The minimum Gasteiger partial charge on any atom is -0.481 e. The molecule has 0 saturated carbocycles. The van der Waals surface area contributed by atoms with Gasteiger partial charge in [-0.15, -0.1) is 0 Å².